The van der Waals surface area contributed by atoms with Crippen LogP contribution in [0.4, 0.5) is 17.3 Å². The molecule has 0 bridgehead atoms. The number of benzene rings is 2. The van der Waals surface area contributed by atoms with Gasteiger partial charge in [0.2, 0.25) is 5.95 Å². The molecule has 1 aromatic heterocycles. The first-order valence-electron chi connectivity index (χ1n) is 8.78. The smallest absolute Gasteiger partial charge is 0.340 e. The zero-order valence-corrected chi connectivity index (χ0v) is 15.6. The molecule has 0 aliphatic heterocycles. The van der Waals surface area contributed by atoms with Crippen molar-refractivity contribution in [1.29, 1.82) is 0 Å². The van der Waals surface area contributed by atoms with Crippen LogP contribution < -0.4 is 10.2 Å². The van der Waals surface area contributed by atoms with E-state index in [1.54, 1.807) is 31.2 Å². The van der Waals surface area contributed by atoms with Gasteiger partial charge in [0, 0.05) is 25.1 Å². The Morgan fingerprint density at radius 2 is 1.64 bits per heavy atom. The van der Waals surface area contributed by atoms with Crippen LogP contribution in [0.25, 0.3) is 0 Å². The maximum Gasteiger partial charge on any atom is 0.340 e. The number of aromatic nitrogens is 2. The number of nitrogens with zero attached hydrogens (tertiary/aromatic N) is 3. The molecular formula is C21H20N4O3. The van der Waals surface area contributed by atoms with Crippen molar-refractivity contribution < 1.29 is 14.3 Å². The average Bonchev–Trinajstić information content (AvgIpc) is 2.74. The lowest BCUT2D eigenvalue weighted by Gasteiger charge is -2.17. The first kappa shape index (κ1) is 19.0. The lowest BCUT2D eigenvalue weighted by atomic mass is 10.1. The Morgan fingerprint density at radius 3 is 2.32 bits per heavy atom. The summed E-state index contributed by atoms with van der Waals surface area (Å²) in [5, 5.41) is 2.71. The predicted molar refractivity (Wildman–Crippen MR) is 107 cm³/mol. The van der Waals surface area contributed by atoms with Crippen LogP contribution in [0.2, 0.25) is 0 Å². The van der Waals surface area contributed by atoms with Crippen molar-refractivity contribution in [1.82, 2.24) is 9.97 Å². The minimum absolute atomic E-state index is 0.255. The minimum atomic E-state index is -0.491. The molecule has 0 aliphatic carbocycles. The summed E-state index contributed by atoms with van der Waals surface area (Å²) >= 11 is 0. The standard InChI is InChI=1S/C21H20N4O3/c1-3-28-20(27)17-11-7-8-12-18(17)24-19(26)15-13-22-21(23-14-15)25(2)16-9-5-4-6-10-16/h4-14H,3H2,1-2H3,(H,24,26). The van der Waals surface area contributed by atoms with Gasteiger partial charge in [0.05, 0.1) is 23.4 Å². The van der Waals surface area contributed by atoms with Gasteiger partial charge in [0.1, 0.15) is 0 Å². The van der Waals surface area contributed by atoms with Gasteiger partial charge in [-0.05, 0) is 31.2 Å². The second kappa shape index (κ2) is 8.77. The summed E-state index contributed by atoms with van der Waals surface area (Å²) in [5.41, 5.74) is 1.88. The number of nitrogens with one attached hydrogen (secondary N) is 1. The molecule has 0 saturated carbocycles. The van der Waals surface area contributed by atoms with Crippen molar-refractivity contribution in [2.45, 2.75) is 6.92 Å². The molecule has 0 spiro atoms. The van der Waals surface area contributed by atoms with Crippen LogP contribution in [0.15, 0.2) is 67.0 Å². The summed E-state index contributed by atoms with van der Waals surface area (Å²) in [6, 6.07) is 16.3. The SMILES string of the molecule is CCOC(=O)c1ccccc1NC(=O)c1cnc(N(C)c2ccccc2)nc1. The minimum Gasteiger partial charge on any atom is -0.462 e. The Morgan fingerprint density at radius 1 is 1.00 bits per heavy atom. The number of amides is 1. The highest BCUT2D eigenvalue weighted by Gasteiger charge is 2.16. The molecule has 3 aromatic rings. The van der Waals surface area contributed by atoms with Gasteiger partial charge in [0.15, 0.2) is 0 Å². The Bertz CT molecular complexity index is 959. The van der Waals surface area contributed by atoms with Gasteiger partial charge in [-0.3, -0.25) is 4.79 Å². The number of hydrogen-bond acceptors (Lipinski definition) is 6. The van der Waals surface area contributed by atoms with E-state index < -0.39 is 11.9 Å². The van der Waals surface area contributed by atoms with Crippen LogP contribution >= 0.6 is 0 Å². The predicted octanol–water partition coefficient (Wildman–Crippen LogP) is 3.67. The Kier molecular flexibility index (Phi) is 5.96. The highest BCUT2D eigenvalue weighted by Crippen LogP contribution is 2.20. The van der Waals surface area contributed by atoms with E-state index in [1.165, 1.54) is 12.4 Å². The van der Waals surface area contributed by atoms with E-state index in [9.17, 15) is 9.59 Å². The number of para-hydroxylation sites is 2. The van der Waals surface area contributed by atoms with Gasteiger partial charge >= 0.3 is 5.97 Å². The average molecular weight is 376 g/mol. The number of anilines is 3. The van der Waals surface area contributed by atoms with E-state index in [-0.39, 0.29) is 12.2 Å². The molecular weight excluding hydrogens is 356 g/mol. The van der Waals surface area contributed by atoms with Crippen LogP contribution in [0.3, 0.4) is 0 Å². The summed E-state index contributed by atoms with van der Waals surface area (Å²) in [4.78, 5) is 34.9. The van der Waals surface area contributed by atoms with Crippen LogP contribution in [0, 0.1) is 0 Å². The molecule has 3 rings (SSSR count). The fourth-order valence-corrected chi connectivity index (χ4v) is 2.55. The molecule has 1 N–H and O–H groups in total. The highest BCUT2D eigenvalue weighted by molar-refractivity contribution is 6.07. The second-order valence-electron chi connectivity index (χ2n) is 5.89. The topological polar surface area (TPSA) is 84.4 Å². The van der Waals surface area contributed by atoms with Crippen molar-refractivity contribution in [3.8, 4) is 0 Å². The van der Waals surface area contributed by atoms with E-state index in [4.69, 9.17) is 4.74 Å². The number of rotatable bonds is 6. The maximum atomic E-state index is 12.5. The molecule has 0 saturated heterocycles. The third kappa shape index (κ3) is 4.32. The number of ether oxygens (including phenoxy) is 1. The number of hydrogen-bond donors (Lipinski definition) is 1. The lowest BCUT2D eigenvalue weighted by Crippen LogP contribution is -2.18. The van der Waals surface area contributed by atoms with Gasteiger partial charge in [-0.2, -0.15) is 0 Å². The van der Waals surface area contributed by atoms with Crippen LogP contribution in [0.5, 0.6) is 0 Å². The summed E-state index contributed by atoms with van der Waals surface area (Å²) in [5.74, 6) is -0.435. The highest BCUT2D eigenvalue weighted by atomic mass is 16.5. The Hall–Kier alpha value is -3.74. The van der Waals surface area contributed by atoms with Crippen molar-refractivity contribution >= 4 is 29.2 Å². The fraction of sp³-hybridized carbons (Fsp3) is 0.143. The second-order valence-corrected chi connectivity index (χ2v) is 5.89. The number of carbonyl (C=O) groups is 2. The summed E-state index contributed by atoms with van der Waals surface area (Å²) in [7, 11) is 1.85. The van der Waals surface area contributed by atoms with Gasteiger partial charge in [-0.25, -0.2) is 14.8 Å². The van der Waals surface area contributed by atoms with Crippen molar-refractivity contribution in [2.75, 3.05) is 23.9 Å². The van der Waals surface area contributed by atoms with Crippen molar-refractivity contribution in [3.05, 3.63) is 78.1 Å². The van der Waals surface area contributed by atoms with E-state index in [0.29, 0.717) is 17.2 Å². The van der Waals surface area contributed by atoms with Gasteiger partial charge in [-0.1, -0.05) is 30.3 Å². The number of esters is 1. The molecule has 28 heavy (non-hydrogen) atoms. The van der Waals surface area contributed by atoms with E-state index in [0.717, 1.165) is 5.69 Å². The van der Waals surface area contributed by atoms with Gasteiger partial charge in [0.25, 0.3) is 5.91 Å². The molecule has 0 atom stereocenters. The molecule has 2 aromatic carbocycles. The molecule has 0 unspecified atom stereocenters. The zero-order valence-electron chi connectivity index (χ0n) is 15.6. The third-order valence-electron chi connectivity index (χ3n) is 4.01. The monoisotopic (exact) mass is 376 g/mol. The molecule has 1 amide bonds. The quantitative estimate of drug-likeness (QED) is 0.661. The summed E-state index contributed by atoms with van der Waals surface area (Å²) < 4.78 is 5.02. The molecule has 142 valence electrons. The third-order valence-corrected chi connectivity index (χ3v) is 4.01. The molecule has 0 fully saturated rings. The first-order valence-corrected chi connectivity index (χ1v) is 8.78. The molecule has 0 aliphatic rings. The van der Waals surface area contributed by atoms with Crippen LogP contribution in [0.1, 0.15) is 27.6 Å². The van der Waals surface area contributed by atoms with Crippen molar-refractivity contribution in [3.63, 3.8) is 0 Å². The fourth-order valence-electron chi connectivity index (χ4n) is 2.55. The van der Waals surface area contributed by atoms with E-state index in [1.807, 2.05) is 42.3 Å². The molecule has 7 heteroatoms. The lowest BCUT2D eigenvalue weighted by molar-refractivity contribution is 0.0527. The maximum absolute atomic E-state index is 12.5. The van der Waals surface area contributed by atoms with Crippen LogP contribution in [-0.2, 0) is 4.74 Å². The van der Waals surface area contributed by atoms with E-state index in [2.05, 4.69) is 15.3 Å². The molecule has 7 nitrogen and oxygen atoms in total. The molecule has 1 heterocycles. The summed E-state index contributed by atoms with van der Waals surface area (Å²) in [6.07, 6.45) is 2.90. The number of carbonyl (C=O) groups excluding carboxylic acids is 2. The molecule has 0 radical (unpaired) electrons. The normalized spacial score (nSPS) is 10.2. The Labute approximate surface area is 163 Å². The Balaban J connectivity index is 1.75. The van der Waals surface area contributed by atoms with Gasteiger partial charge in [-0.15, -0.1) is 0 Å². The van der Waals surface area contributed by atoms with E-state index >= 15 is 0 Å². The zero-order chi connectivity index (χ0) is 19.9. The summed E-state index contributed by atoms with van der Waals surface area (Å²) in [6.45, 7) is 1.98. The van der Waals surface area contributed by atoms with Crippen LogP contribution in [-0.4, -0.2) is 35.5 Å². The first-order chi connectivity index (χ1) is 13.6. The van der Waals surface area contributed by atoms with Gasteiger partial charge < -0.3 is 15.0 Å². The van der Waals surface area contributed by atoms with Crippen molar-refractivity contribution in [2.24, 2.45) is 0 Å². The largest absolute Gasteiger partial charge is 0.462 e.